The van der Waals surface area contributed by atoms with E-state index in [9.17, 15) is 9.59 Å². The number of thiophene rings is 1. The highest BCUT2D eigenvalue weighted by Gasteiger charge is 2.25. The number of benzene rings is 2. The van der Waals surface area contributed by atoms with Gasteiger partial charge in [-0.2, -0.15) is 0 Å². The molecule has 4 rings (SSSR count). The summed E-state index contributed by atoms with van der Waals surface area (Å²) in [5.74, 6) is -0.428. The number of carbonyl (C=O) groups excluding carboxylic acids is 2. The van der Waals surface area contributed by atoms with Crippen LogP contribution in [0.5, 0.6) is 5.75 Å². The van der Waals surface area contributed by atoms with Crippen molar-refractivity contribution >= 4 is 63.3 Å². The third-order valence-corrected chi connectivity index (χ3v) is 7.11. The van der Waals surface area contributed by atoms with Gasteiger partial charge in [-0.25, -0.2) is 9.79 Å². The molecule has 0 atom stereocenters. The molecule has 3 aromatic rings. The number of aryl methyl sites for hydroxylation is 1. The maximum atomic E-state index is 13.3. The summed E-state index contributed by atoms with van der Waals surface area (Å²) in [6.07, 6.45) is 5.46. The minimum absolute atomic E-state index is 0.189. The summed E-state index contributed by atoms with van der Waals surface area (Å²) in [6.45, 7) is 1.67. The van der Waals surface area contributed by atoms with E-state index in [2.05, 4.69) is 10.3 Å². The number of para-hydroxylation sites is 1. The molecule has 35 heavy (non-hydrogen) atoms. The van der Waals surface area contributed by atoms with Crippen molar-refractivity contribution in [2.75, 3.05) is 18.5 Å². The first-order valence-corrected chi connectivity index (χ1v) is 12.9. The summed E-state index contributed by atoms with van der Waals surface area (Å²) >= 11 is 14.1. The molecule has 1 amide bonds. The average molecular weight is 531 g/mol. The second kappa shape index (κ2) is 11.7. The fourth-order valence-corrected chi connectivity index (χ4v) is 5.68. The average Bonchev–Trinajstić information content (AvgIpc) is 3.21. The minimum atomic E-state index is -0.507. The normalized spacial score (nSPS) is 12.9. The van der Waals surface area contributed by atoms with E-state index in [1.54, 1.807) is 19.2 Å². The molecule has 0 bridgehead atoms. The Morgan fingerprint density at radius 1 is 1.14 bits per heavy atom. The minimum Gasteiger partial charge on any atom is -0.480 e. The number of esters is 1. The molecule has 1 heterocycles. The number of aliphatic imine (C=N–C) groups is 1. The van der Waals surface area contributed by atoms with Gasteiger partial charge in [-0.15, -0.1) is 11.3 Å². The third-order valence-electron chi connectivity index (χ3n) is 5.41. The van der Waals surface area contributed by atoms with E-state index in [1.807, 2.05) is 30.3 Å². The van der Waals surface area contributed by atoms with Gasteiger partial charge in [-0.05, 0) is 62.4 Å². The number of carbonyl (C=O) groups is 2. The zero-order valence-corrected chi connectivity index (χ0v) is 21.4. The molecule has 1 aromatic heterocycles. The molecule has 2 aromatic carbocycles. The number of halogens is 2. The third kappa shape index (κ3) is 6.23. The van der Waals surface area contributed by atoms with Crippen molar-refractivity contribution in [3.8, 4) is 5.75 Å². The molecule has 0 unspecified atom stereocenters. The summed E-state index contributed by atoms with van der Waals surface area (Å²) in [6, 6.07) is 12.5. The fraction of sp³-hybridized carbons (Fsp3) is 0.269. The van der Waals surface area contributed by atoms with Gasteiger partial charge in [0.1, 0.15) is 10.8 Å². The van der Waals surface area contributed by atoms with Crippen LogP contribution in [0.3, 0.4) is 0 Å². The molecule has 1 aliphatic carbocycles. The molecule has 9 heteroatoms. The van der Waals surface area contributed by atoms with Crippen LogP contribution < -0.4 is 10.1 Å². The van der Waals surface area contributed by atoms with Crippen LogP contribution in [0.25, 0.3) is 0 Å². The first kappa shape index (κ1) is 25.2. The van der Waals surface area contributed by atoms with Gasteiger partial charge in [0.2, 0.25) is 0 Å². The van der Waals surface area contributed by atoms with Gasteiger partial charge in [0, 0.05) is 27.4 Å². The zero-order valence-electron chi connectivity index (χ0n) is 19.1. The summed E-state index contributed by atoms with van der Waals surface area (Å²) < 4.78 is 10.6. The highest BCUT2D eigenvalue weighted by atomic mass is 35.5. The van der Waals surface area contributed by atoms with Gasteiger partial charge in [0.05, 0.1) is 17.2 Å². The topological polar surface area (TPSA) is 77.0 Å². The SMILES string of the molecule is CCOC(=O)COc1c(Cl)cc(Cl)cc1C=Nc1sc2c(c1C(=O)Nc1ccccc1)CCCC2. The van der Waals surface area contributed by atoms with E-state index in [1.165, 1.54) is 22.3 Å². The number of amides is 1. The van der Waals surface area contributed by atoms with Crippen LogP contribution in [0.4, 0.5) is 10.7 Å². The monoisotopic (exact) mass is 530 g/mol. The first-order chi connectivity index (χ1) is 17.0. The molecule has 0 aliphatic heterocycles. The Balaban J connectivity index is 1.67. The Labute approximate surface area is 217 Å². The van der Waals surface area contributed by atoms with Crippen molar-refractivity contribution in [3.05, 3.63) is 74.1 Å². The highest BCUT2D eigenvalue weighted by Crippen LogP contribution is 2.41. The van der Waals surface area contributed by atoms with E-state index in [-0.39, 0.29) is 29.9 Å². The number of fused-ring (bicyclic) bond motifs is 1. The zero-order chi connectivity index (χ0) is 24.8. The van der Waals surface area contributed by atoms with Crippen LogP contribution >= 0.6 is 34.5 Å². The molecule has 182 valence electrons. The summed E-state index contributed by atoms with van der Waals surface area (Å²) in [7, 11) is 0. The van der Waals surface area contributed by atoms with E-state index in [0.717, 1.165) is 36.9 Å². The summed E-state index contributed by atoms with van der Waals surface area (Å²) in [5, 5.41) is 4.23. The number of nitrogens with one attached hydrogen (secondary N) is 1. The largest absolute Gasteiger partial charge is 0.480 e. The van der Waals surface area contributed by atoms with Gasteiger partial charge in [0.25, 0.3) is 5.91 Å². The van der Waals surface area contributed by atoms with Gasteiger partial charge in [-0.3, -0.25) is 4.79 Å². The molecule has 0 fully saturated rings. The number of hydrogen-bond donors (Lipinski definition) is 1. The Kier molecular flexibility index (Phi) is 8.44. The molecule has 6 nitrogen and oxygen atoms in total. The first-order valence-electron chi connectivity index (χ1n) is 11.3. The van der Waals surface area contributed by atoms with Crippen molar-refractivity contribution in [1.82, 2.24) is 0 Å². The van der Waals surface area contributed by atoms with Crippen molar-refractivity contribution < 1.29 is 19.1 Å². The van der Waals surface area contributed by atoms with Crippen LogP contribution in [-0.2, 0) is 22.4 Å². The Bertz CT molecular complexity index is 1260. The van der Waals surface area contributed by atoms with Gasteiger partial charge >= 0.3 is 5.97 Å². The lowest BCUT2D eigenvalue weighted by Gasteiger charge is -2.13. The number of anilines is 1. The molecule has 0 spiro atoms. The van der Waals surface area contributed by atoms with Crippen LogP contribution in [-0.4, -0.2) is 31.3 Å². The Morgan fingerprint density at radius 3 is 2.69 bits per heavy atom. The van der Waals surface area contributed by atoms with E-state index < -0.39 is 5.97 Å². The van der Waals surface area contributed by atoms with Crippen LogP contribution in [0.15, 0.2) is 47.5 Å². The van der Waals surface area contributed by atoms with Crippen LogP contribution in [0.2, 0.25) is 10.0 Å². The quantitative estimate of drug-likeness (QED) is 0.254. The van der Waals surface area contributed by atoms with E-state index in [0.29, 0.717) is 21.2 Å². The number of ether oxygens (including phenoxy) is 2. The lowest BCUT2D eigenvalue weighted by atomic mass is 9.95. The standard InChI is InChI=1S/C26H24Cl2N2O4S/c1-2-33-22(31)15-34-24-16(12-17(27)13-20(24)28)14-29-26-23(19-10-6-7-11-21(19)35-26)25(32)30-18-8-4-3-5-9-18/h3-5,8-9,12-14H,2,6-7,10-11,15H2,1H3,(H,30,32). The molecule has 0 saturated heterocycles. The lowest BCUT2D eigenvalue weighted by molar-refractivity contribution is -0.145. The Hall–Kier alpha value is -2.87. The van der Waals surface area contributed by atoms with Gasteiger partial charge in [-0.1, -0.05) is 41.4 Å². The van der Waals surface area contributed by atoms with Crippen molar-refractivity contribution in [2.24, 2.45) is 4.99 Å². The summed E-state index contributed by atoms with van der Waals surface area (Å²) in [5.41, 5.74) is 2.86. The molecule has 1 N–H and O–H groups in total. The highest BCUT2D eigenvalue weighted by molar-refractivity contribution is 7.16. The second-order valence-electron chi connectivity index (χ2n) is 7.87. The molecular weight excluding hydrogens is 507 g/mol. The predicted molar refractivity (Wildman–Crippen MR) is 141 cm³/mol. The summed E-state index contributed by atoms with van der Waals surface area (Å²) in [4.78, 5) is 30.9. The molecular formula is C26H24Cl2N2O4S. The lowest BCUT2D eigenvalue weighted by Crippen LogP contribution is -2.15. The van der Waals surface area contributed by atoms with Crippen molar-refractivity contribution in [1.29, 1.82) is 0 Å². The molecule has 1 aliphatic rings. The number of hydrogen-bond acceptors (Lipinski definition) is 6. The number of nitrogens with zero attached hydrogens (tertiary/aromatic N) is 1. The smallest absolute Gasteiger partial charge is 0.344 e. The van der Waals surface area contributed by atoms with Gasteiger partial charge in [0.15, 0.2) is 6.61 Å². The van der Waals surface area contributed by atoms with E-state index >= 15 is 0 Å². The van der Waals surface area contributed by atoms with E-state index in [4.69, 9.17) is 32.7 Å². The molecule has 0 saturated carbocycles. The maximum Gasteiger partial charge on any atom is 0.344 e. The maximum absolute atomic E-state index is 13.3. The van der Waals surface area contributed by atoms with Crippen LogP contribution in [0, 0.1) is 0 Å². The van der Waals surface area contributed by atoms with Gasteiger partial charge < -0.3 is 14.8 Å². The van der Waals surface area contributed by atoms with Crippen molar-refractivity contribution in [2.45, 2.75) is 32.6 Å². The fourth-order valence-electron chi connectivity index (χ4n) is 3.88. The van der Waals surface area contributed by atoms with Crippen molar-refractivity contribution in [3.63, 3.8) is 0 Å². The van der Waals surface area contributed by atoms with Crippen LogP contribution in [0.1, 0.15) is 46.1 Å². The predicted octanol–water partition coefficient (Wildman–Crippen LogP) is 6.88. The second-order valence-corrected chi connectivity index (χ2v) is 9.80. The number of rotatable bonds is 8. The Morgan fingerprint density at radius 2 is 1.91 bits per heavy atom. The molecule has 0 radical (unpaired) electrons.